The largest absolute Gasteiger partial charge is 0.324 e. The van der Waals surface area contributed by atoms with Gasteiger partial charge in [0.15, 0.2) is 0 Å². The normalized spacial score (nSPS) is 13.0. The lowest BCUT2D eigenvalue weighted by molar-refractivity contribution is 0.598. The summed E-state index contributed by atoms with van der Waals surface area (Å²) in [5.74, 6) is -0.656. The Balaban J connectivity index is 2.41. The Bertz CT molecular complexity index is 743. The van der Waals surface area contributed by atoms with Crippen molar-refractivity contribution in [2.45, 2.75) is 17.9 Å². The van der Waals surface area contributed by atoms with Crippen LogP contribution >= 0.6 is 15.9 Å². The van der Waals surface area contributed by atoms with Crippen LogP contribution in [0.5, 0.6) is 0 Å². The van der Waals surface area contributed by atoms with E-state index in [2.05, 4.69) is 20.7 Å². The molecule has 1 atom stereocenters. The minimum absolute atomic E-state index is 0.0347. The highest BCUT2D eigenvalue weighted by molar-refractivity contribution is 9.10. The maximum atomic E-state index is 13.7. The van der Waals surface area contributed by atoms with Crippen LogP contribution in [0.2, 0.25) is 0 Å². The van der Waals surface area contributed by atoms with Crippen LogP contribution in [0.1, 0.15) is 18.5 Å². The van der Waals surface area contributed by atoms with E-state index < -0.39 is 15.8 Å². The molecule has 1 unspecified atom stereocenters. The van der Waals surface area contributed by atoms with Gasteiger partial charge in [0.25, 0.3) is 10.0 Å². The smallest absolute Gasteiger partial charge is 0.262 e. The zero-order chi connectivity index (χ0) is 15.6. The average molecular weight is 373 g/mol. The number of rotatable bonds is 4. The molecule has 0 fully saturated rings. The molecule has 0 saturated carbocycles. The monoisotopic (exact) mass is 372 g/mol. The first-order valence-electron chi connectivity index (χ1n) is 6.13. The van der Waals surface area contributed by atoms with Crippen molar-refractivity contribution in [2.24, 2.45) is 5.73 Å². The zero-order valence-corrected chi connectivity index (χ0v) is 13.6. The summed E-state index contributed by atoms with van der Waals surface area (Å²) < 4.78 is 41.0. The third kappa shape index (κ3) is 3.61. The molecule has 2 aromatic rings. The molecule has 0 heterocycles. The number of benzene rings is 2. The Labute approximate surface area is 131 Å². The van der Waals surface area contributed by atoms with Gasteiger partial charge in [0.1, 0.15) is 5.82 Å². The first-order valence-corrected chi connectivity index (χ1v) is 8.41. The fraction of sp³-hybridized carbons (Fsp3) is 0.143. The summed E-state index contributed by atoms with van der Waals surface area (Å²) in [6, 6.07) is 10.2. The van der Waals surface area contributed by atoms with Crippen molar-refractivity contribution in [1.82, 2.24) is 0 Å². The summed E-state index contributed by atoms with van der Waals surface area (Å²) in [6.07, 6.45) is 0. The molecule has 0 radical (unpaired) electrons. The lowest BCUT2D eigenvalue weighted by Gasteiger charge is -2.12. The average Bonchev–Trinajstić information content (AvgIpc) is 2.43. The summed E-state index contributed by atoms with van der Waals surface area (Å²) in [6.45, 7) is 1.76. The van der Waals surface area contributed by atoms with Crippen molar-refractivity contribution in [3.63, 3.8) is 0 Å². The third-order valence-corrected chi connectivity index (χ3v) is 4.90. The molecule has 0 aliphatic heterocycles. The summed E-state index contributed by atoms with van der Waals surface area (Å²) in [7, 11) is -3.89. The second-order valence-corrected chi connectivity index (χ2v) is 7.10. The van der Waals surface area contributed by atoms with Gasteiger partial charge in [-0.25, -0.2) is 12.8 Å². The first kappa shape index (κ1) is 15.9. The molecule has 0 saturated heterocycles. The molecule has 2 rings (SSSR count). The van der Waals surface area contributed by atoms with E-state index >= 15 is 0 Å². The fourth-order valence-corrected chi connectivity index (χ4v) is 3.47. The number of hydrogen-bond donors (Lipinski definition) is 2. The number of anilines is 1. The SMILES string of the molecule is CC(N)c1cccc(S(=O)(=O)Nc2c(F)cccc2Br)c1. The van der Waals surface area contributed by atoms with Gasteiger partial charge in [-0.05, 0) is 52.7 Å². The summed E-state index contributed by atoms with van der Waals surface area (Å²) >= 11 is 3.12. The second kappa shape index (κ2) is 6.13. The maximum Gasteiger partial charge on any atom is 0.262 e. The van der Waals surface area contributed by atoms with Gasteiger partial charge in [-0.2, -0.15) is 0 Å². The van der Waals surface area contributed by atoms with Crippen LogP contribution in [-0.2, 0) is 10.0 Å². The van der Waals surface area contributed by atoms with Crippen molar-refractivity contribution in [2.75, 3.05) is 4.72 Å². The molecule has 0 bridgehead atoms. The van der Waals surface area contributed by atoms with Gasteiger partial charge in [0.2, 0.25) is 0 Å². The van der Waals surface area contributed by atoms with Gasteiger partial charge in [-0.1, -0.05) is 18.2 Å². The molecular weight excluding hydrogens is 359 g/mol. The lowest BCUT2D eigenvalue weighted by atomic mass is 10.1. The van der Waals surface area contributed by atoms with E-state index in [-0.39, 0.29) is 16.6 Å². The van der Waals surface area contributed by atoms with E-state index in [1.807, 2.05) is 0 Å². The Morgan fingerprint density at radius 2 is 1.90 bits per heavy atom. The van der Waals surface area contributed by atoms with E-state index in [1.54, 1.807) is 25.1 Å². The van der Waals surface area contributed by atoms with Crippen LogP contribution in [0.4, 0.5) is 10.1 Å². The minimum atomic E-state index is -3.89. The number of hydrogen-bond acceptors (Lipinski definition) is 3. The summed E-state index contributed by atoms with van der Waals surface area (Å²) in [5.41, 5.74) is 6.31. The second-order valence-electron chi connectivity index (χ2n) is 4.56. The molecule has 0 aromatic heterocycles. The summed E-state index contributed by atoms with van der Waals surface area (Å²) in [5, 5.41) is 0. The van der Waals surface area contributed by atoms with E-state index in [0.29, 0.717) is 10.0 Å². The molecule has 0 spiro atoms. The highest BCUT2D eigenvalue weighted by atomic mass is 79.9. The highest BCUT2D eigenvalue weighted by Gasteiger charge is 2.18. The zero-order valence-electron chi connectivity index (χ0n) is 11.2. The van der Waals surface area contributed by atoms with E-state index in [4.69, 9.17) is 5.73 Å². The highest BCUT2D eigenvalue weighted by Crippen LogP contribution is 2.28. The van der Waals surface area contributed by atoms with Crippen LogP contribution in [0, 0.1) is 5.82 Å². The molecule has 2 aromatic carbocycles. The van der Waals surface area contributed by atoms with Gasteiger partial charge in [-0.15, -0.1) is 0 Å². The van der Waals surface area contributed by atoms with Crippen molar-refractivity contribution < 1.29 is 12.8 Å². The van der Waals surface area contributed by atoms with Gasteiger partial charge in [0, 0.05) is 10.5 Å². The van der Waals surface area contributed by atoms with Gasteiger partial charge >= 0.3 is 0 Å². The molecule has 4 nitrogen and oxygen atoms in total. The molecule has 21 heavy (non-hydrogen) atoms. The fourth-order valence-electron chi connectivity index (χ4n) is 1.75. The van der Waals surface area contributed by atoms with Gasteiger partial charge < -0.3 is 5.73 Å². The van der Waals surface area contributed by atoms with Crippen molar-refractivity contribution >= 4 is 31.6 Å². The van der Waals surface area contributed by atoms with E-state index in [0.717, 1.165) is 0 Å². The number of para-hydroxylation sites is 1. The van der Waals surface area contributed by atoms with Crippen LogP contribution in [0.15, 0.2) is 51.8 Å². The van der Waals surface area contributed by atoms with Crippen LogP contribution in [0.25, 0.3) is 0 Å². The predicted molar refractivity (Wildman–Crippen MR) is 84.0 cm³/mol. The van der Waals surface area contributed by atoms with Crippen molar-refractivity contribution in [3.05, 3.63) is 58.3 Å². The van der Waals surface area contributed by atoms with Crippen LogP contribution in [-0.4, -0.2) is 8.42 Å². The van der Waals surface area contributed by atoms with E-state index in [9.17, 15) is 12.8 Å². The van der Waals surface area contributed by atoms with Gasteiger partial charge in [-0.3, -0.25) is 4.72 Å². The Hall–Kier alpha value is -1.44. The van der Waals surface area contributed by atoms with Crippen LogP contribution < -0.4 is 10.5 Å². The quantitative estimate of drug-likeness (QED) is 0.863. The maximum absolute atomic E-state index is 13.7. The Morgan fingerprint density at radius 1 is 1.24 bits per heavy atom. The van der Waals surface area contributed by atoms with E-state index in [1.165, 1.54) is 24.3 Å². The molecule has 112 valence electrons. The number of halogens is 2. The first-order chi connectivity index (χ1) is 9.81. The van der Waals surface area contributed by atoms with Crippen molar-refractivity contribution in [3.8, 4) is 0 Å². The minimum Gasteiger partial charge on any atom is -0.324 e. The molecule has 3 N–H and O–H groups in total. The summed E-state index contributed by atoms with van der Waals surface area (Å²) in [4.78, 5) is 0.0347. The van der Waals surface area contributed by atoms with Crippen LogP contribution in [0.3, 0.4) is 0 Å². The molecule has 0 aliphatic carbocycles. The molecule has 0 aliphatic rings. The Kier molecular flexibility index (Phi) is 4.65. The Morgan fingerprint density at radius 3 is 2.52 bits per heavy atom. The standard InChI is InChI=1S/C14H14BrFN2O2S/c1-9(17)10-4-2-5-11(8-10)21(19,20)18-14-12(15)6-3-7-13(14)16/h2-9,18H,17H2,1H3. The topological polar surface area (TPSA) is 72.2 Å². The number of nitrogens with two attached hydrogens (primary N) is 1. The number of nitrogens with one attached hydrogen (secondary N) is 1. The van der Waals surface area contributed by atoms with Gasteiger partial charge in [0.05, 0.1) is 10.6 Å². The van der Waals surface area contributed by atoms with Crippen molar-refractivity contribution in [1.29, 1.82) is 0 Å². The third-order valence-electron chi connectivity index (χ3n) is 2.89. The molecule has 0 amide bonds. The molecule has 7 heteroatoms. The number of sulfonamides is 1. The predicted octanol–water partition coefficient (Wildman–Crippen LogP) is 3.41. The lowest BCUT2D eigenvalue weighted by Crippen LogP contribution is -2.15. The molecular formula is C14H14BrFN2O2S.